The van der Waals surface area contributed by atoms with Crippen molar-refractivity contribution in [1.82, 2.24) is 20.3 Å². The third kappa shape index (κ3) is 5.05. The quantitative estimate of drug-likeness (QED) is 0.143. The van der Waals surface area contributed by atoms with Crippen molar-refractivity contribution < 1.29 is 19.8 Å². The number of aromatic nitrogens is 3. The Balaban J connectivity index is 1.67. The summed E-state index contributed by atoms with van der Waals surface area (Å²) in [5.74, 6) is -1.45. The maximum Gasteiger partial charge on any atom is 0.303 e. The summed E-state index contributed by atoms with van der Waals surface area (Å²) in [6.45, 7) is 12.8. The lowest BCUT2D eigenvalue weighted by atomic mass is 9.90. The fraction of sp³-hybridized carbons (Fsp3) is 0.412. The van der Waals surface area contributed by atoms with E-state index >= 15 is 0 Å². The molecule has 0 aromatic carbocycles. The van der Waals surface area contributed by atoms with E-state index in [2.05, 4.69) is 66.2 Å². The second-order valence-electron chi connectivity index (χ2n) is 12.4. The molecule has 8 bridgehead atoms. The molecule has 0 amide bonds. The van der Waals surface area contributed by atoms with Gasteiger partial charge in [0.05, 0.1) is 4.75 Å². The molecule has 0 radical (unpaired) electrons. The van der Waals surface area contributed by atoms with Gasteiger partial charge in [-0.15, -0.1) is 11.8 Å². The Kier molecular flexibility index (Phi) is 7.73. The van der Waals surface area contributed by atoms with Crippen LogP contribution in [0.15, 0.2) is 11.4 Å². The first-order valence-electron chi connectivity index (χ1n) is 15.2. The van der Waals surface area contributed by atoms with Gasteiger partial charge >= 0.3 is 11.9 Å². The molecular weight excluding hydrogens is 593 g/mol. The highest BCUT2D eigenvalue weighted by molar-refractivity contribution is 8.09. The fourth-order valence-corrected chi connectivity index (χ4v) is 8.92. The van der Waals surface area contributed by atoms with Crippen LogP contribution >= 0.6 is 24.4 Å². The average molecular weight is 633 g/mol. The second kappa shape index (κ2) is 11.1. The smallest absolute Gasteiger partial charge is 0.303 e. The Morgan fingerprint density at radius 1 is 0.841 bits per heavy atom. The summed E-state index contributed by atoms with van der Waals surface area (Å²) < 4.78 is -0.0286. The Hall–Kier alpha value is -3.50. The second-order valence-corrected chi connectivity index (χ2v) is 14.8. The summed E-state index contributed by atoms with van der Waals surface area (Å²) in [6, 6.07) is 0. The van der Waals surface area contributed by atoms with Crippen LogP contribution in [-0.4, -0.2) is 47.1 Å². The van der Waals surface area contributed by atoms with Crippen LogP contribution in [0.5, 0.6) is 0 Å². The lowest BCUT2D eigenvalue weighted by Gasteiger charge is -2.13. The highest BCUT2D eigenvalue weighted by atomic mass is 32.2. The summed E-state index contributed by atoms with van der Waals surface area (Å²) in [7, 11) is 0. The van der Waals surface area contributed by atoms with Crippen molar-refractivity contribution in [2.45, 2.75) is 82.5 Å². The maximum absolute atomic E-state index is 11.6. The third-order valence-corrected chi connectivity index (χ3v) is 11.8. The molecular formula is C34H40N4O4S2. The molecule has 3 aliphatic rings. The van der Waals surface area contributed by atoms with Gasteiger partial charge in [-0.3, -0.25) is 9.59 Å². The van der Waals surface area contributed by atoms with E-state index in [4.69, 9.17) is 12.6 Å². The van der Waals surface area contributed by atoms with Crippen molar-refractivity contribution in [2.24, 2.45) is 5.92 Å². The first-order chi connectivity index (χ1) is 20.8. The number of aromatic amines is 3. The molecule has 8 nitrogen and oxygen atoms in total. The summed E-state index contributed by atoms with van der Waals surface area (Å²) in [5, 5.41) is 25.0. The number of aliphatic carboxylic acids is 2. The molecule has 3 aromatic rings. The Morgan fingerprint density at radius 2 is 1.43 bits per heavy atom. The van der Waals surface area contributed by atoms with Gasteiger partial charge in [0.2, 0.25) is 0 Å². The fourth-order valence-electron chi connectivity index (χ4n) is 7.17. The van der Waals surface area contributed by atoms with Crippen LogP contribution in [0.4, 0.5) is 0 Å². The minimum Gasteiger partial charge on any atom is -0.481 e. The molecule has 0 saturated carbocycles. The summed E-state index contributed by atoms with van der Waals surface area (Å²) in [6.07, 6.45) is 9.34. The molecule has 10 heteroatoms. The molecule has 6 heterocycles. The standard InChI is InChI=1S/C34H40N4O4S2/c1-15-21(7-9-31(39)40)27-13-28-22(8-10-32(41)42)16(2)24(36-28)12-29-33(19(5)43)17(3)25(37-29)14-30-34(20(6)44-34)18(4)26(38-30)11-23(15)35-27/h11-14,18-20,35-38,43H,7-10H2,1-6H3,(H,39,40)(H,41,42)/b24-12-,26-11-,28-13-,30-14-/t18?,19-,20-,34+/m0/s1. The zero-order valence-electron chi connectivity index (χ0n) is 25.9. The minimum absolute atomic E-state index is 0.00590. The van der Waals surface area contributed by atoms with Crippen molar-refractivity contribution in [1.29, 1.82) is 0 Å². The Morgan fingerprint density at radius 3 is 2.05 bits per heavy atom. The molecule has 6 N–H and O–H groups in total. The van der Waals surface area contributed by atoms with Crippen molar-refractivity contribution in [3.63, 3.8) is 0 Å². The Labute approximate surface area is 266 Å². The van der Waals surface area contributed by atoms with Gasteiger partial charge in [-0.1, -0.05) is 13.8 Å². The molecule has 2 fully saturated rings. The zero-order chi connectivity index (χ0) is 31.7. The number of carboxylic acids is 2. The van der Waals surface area contributed by atoms with Crippen LogP contribution < -0.4 is 16.0 Å². The zero-order valence-corrected chi connectivity index (χ0v) is 27.6. The number of thiol groups is 1. The monoisotopic (exact) mass is 632 g/mol. The van der Waals surface area contributed by atoms with Crippen LogP contribution in [0, 0.1) is 26.7 Å². The molecule has 1 unspecified atom stereocenters. The van der Waals surface area contributed by atoms with Crippen molar-refractivity contribution in [3.05, 3.63) is 78.2 Å². The molecule has 3 aliphatic heterocycles. The summed E-state index contributed by atoms with van der Waals surface area (Å²) in [5.41, 5.74) is 12.3. The first-order valence-corrected chi connectivity index (χ1v) is 16.6. The van der Waals surface area contributed by atoms with Gasteiger partial charge in [0.15, 0.2) is 0 Å². The van der Waals surface area contributed by atoms with Crippen LogP contribution in [0.1, 0.15) is 95.0 Å². The van der Waals surface area contributed by atoms with Gasteiger partial charge in [0.25, 0.3) is 0 Å². The number of allylic oxidation sites excluding steroid dienone is 1. The molecule has 44 heavy (non-hydrogen) atoms. The van der Waals surface area contributed by atoms with Crippen LogP contribution in [0.3, 0.4) is 0 Å². The average Bonchev–Trinajstić information content (AvgIpc) is 3.08. The number of H-pyrrole nitrogens is 3. The normalized spacial score (nSPS) is 26.4. The van der Waals surface area contributed by atoms with Crippen LogP contribution in [0.25, 0.3) is 24.3 Å². The van der Waals surface area contributed by atoms with Gasteiger partial charge in [0.1, 0.15) is 0 Å². The number of thioether (sulfide) groups is 1. The topological polar surface area (TPSA) is 134 Å². The molecule has 6 rings (SSSR count). The van der Waals surface area contributed by atoms with Crippen LogP contribution in [0.2, 0.25) is 0 Å². The highest BCUT2D eigenvalue weighted by Gasteiger charge is 2.63. The SMILES string of the molecule is Cc1c2[nH]c(c1CCC(=O)O)/C=c1\[nH]/c(c(C)c1CCC(=O)O)=C\c1[nH]c(c(C)c1[C@H](C)S)/C=C1\N/C(=C\2)C(C)[C@]12S[C@H]2C. The highest BCUT2D eigenvalue weighted by Crippen LogP contribution is 2.66. The van der Waals surface area contributed by atoms with Gasteiger partial charge in [0, 0.05) is 74.1 Å². The number of carbonyl (C=O) groups is 2. The van der Waals surface area contributed by atoms with Gasteiger partial charge in [-0.05, 0) is 98.2 Å². The molecule has 1 spiro atoms. The first kappa shape index (κ1) is 30.5. The number of rotatable bonds is 7. The van der Waals surface area contributed by atoms with Crippen molar-refractivity contribution >= 4 is 60.6 Å². The maximum atomic E-state index is 11.6. The molecule has 232 valence electrons. The third-order valence-electron chi connectivity index (χ3n) is 9.76. The van der Waals surface area contributed by atoms with Gasteiger partial charge < -0.3 is 30.5 Å². The number of carboxylic acid groups (broad SMARTS) is 2. The minimum atomic E-state index is -0.853. The van der Waals surface area contributed by atoms with E-state index in [-0.39, 0.29) is 28.8 Å². The lowest BCUT2D eigenvalue weighted by molar-refractivity contribution is -0.138. The van der Waals surface area contributed by atoms with E-state index in [9.17, 15) is 19.8 Å². The van der Waals surface area contributed by atoms with E-state index in [1.807, 2.05) is 31.7 Å². The van der Waals surface area contributed by atoms with Crippen molar-refractivity contribution in [3.8, 4) is 0 Å². The van der Waals surface area contributed by atoms with Gasteiger partial charge in [-0.2, -0.15) is 12.6 Å². The van der Waals surface area contributed by atoms with E-state index in [0.717, 1.165) is 72.6 Å². The van der Waals surface area contributed by atoms with Gasteiger partial charge in [-0.25, -0.2) is 0 Å². The van der Waals surface area contributed by atoms with Crippen molar-refractivity contribution in [2.75, 3.05) is 0 Å². The molecule has 4 atom stereocenters. The number of hydrogen-bond donors (Lipinski definition) is 7. The molecule has 2 saturated heterocycles. The Bertz CT molecular complexity index is 1890. The number of nitrogens with one attached hydrogen (secondary N) is 4. The van der Waals surface area contributed by atoms with E-state index in [0.29, 0.717) is 18.1 Å². The summed E-state index contributed by atoms with van der Waals surface area (Å²) in [4.78, 5) is 34.1. The van der Waals surface area contributed by atoms with Crippen LogP contribution in [-0.2, 0) is 22.4 Å². The predicted octanol–water partition coefficient (Wildman–Crippen LogP) is 5.09. The number of hydrogen-bond acceptors (Lipinski definition) is 5. The van der Waals surface area contributed by atoms with E-state index in [1.54, 1.807) is 0 Å². The largest absolute Gasteiger partial charge is 0.481 e. The predicted molar refractivity (Wildman–Crippen MR) is 180 cm³/mol. The molecule has 0 aliphatic carbocycles. The van der Waals surface area contributed by atoms with E-state index < -0.39 is 11.9 Å². The lowest BCUT2D eigenvalue weighted by Crippen LogP contribution is -2.20. The molecule has 3 aromatic heterocycles. The number of fused-ring (bicyclic) bond motifs is 9. The van der Waals surface area contributed by atoms with E-state index in [1.165, 1.54) is 5.70 Å². The summed E-state index contributed by atoms with van der Waals surface area (Å²) >= 11 is 6.84.